The predicted molar refractivity (Wildman–Crippen MR) is 135 cm³/mol. The van der Waals surface area contributed by atoms with Crippen LogP contribution in [-0.4, -0.2) is 20.4 Å². The SMILES string of the molecule is CCC(c1nc2ccccc2c(=O)n1-c1ccc(Br)cc1)N(Cc1ccco1)C(=O)c1ccco1. The maximum absolute atomic E-state index is 13.8. The summed E-state index contributed by atoms with van der Waals surface area (Å²) in [6, 6.07) is 21.0. The highest BCUT2D eigenvalue weighted by Crippen LogP contribution is 2.29. The van der Waals surface area contributed by atoms with Gasteiger partial charge in [-0.05, 0) is 67.1 Å². The number of amides is 1. The molecule has 35 heavy (non-hydrogen) atoms. The van der Waals surface area contributed by atoms with Crippen LogP contribution in [0.4, 0.5) is 0 Å². The Labute approximate surface area is 209 Å². The topological polar surface area (TPSA) is 81.5 Å². The third-order valence-electron chi connectivity index (χ3n) is 5.85. The van der Waals surface area contributed by atoms with E-state index in [0.717, 1.165) is 4.47 Å². The van der Waals surface area contributed by atoms with E-state index in [1.165, 1.54) is 6.26 Å². The van der Waals surface area contributed by atoms with Gasteiger partial charge in [-0.15, -0.1) is 0 Å². The number of hydrogen-bond acceptors (Lipinski definition) is 5. The number of nitrogens with zero attached hydrogens (tertiary/aromatic N) is 3. The molecule has 5 rings (SSSR count). The number of carbonyl (C=O) groups excluding carboxylic acids is 1. The number of furan rings is 2. The number of para-hydroxylation sites is 1. The highest BCUT2D eigenvalue weighted by molar-refractivity contribution is 9.10. The summed E-state index contributed by atoms with van der Waals surface area (Å²) in [6.45, 7) is 2.15. The molecule has 1 atom stereocenters. The quantitative estimate of drug-likeness (QED) is 0.252. The lowest BCUT2D eigenvalue weighted by molar-refractivity contribution is 0.0591. The first-order valence-electron chi connectivity index (χ1n) is 11.2. The molecule has 0 aliphatic rings. The average Bonchev–Trinajstić information content (AvgIpc) is 3.59. The van der Waals surface area contributed by atoms with E-state index in [1.807, 2.05) is 55.5 Å². The summed E-state index contributed by atoms with van der Waals surface area (Å²) in [7, 11) is 0. The second-order valence-corrected chi connectivity index (χ2v) is 8.93. The Morgan fingerprint density at radius 2 is 1.74 bits per heavy atom. The van der Waals surface area contributed by atoms with E-state index < -0.39 is 6.04 Å². The molecule has 0 saturated carbocycles. The molecule has 3 aromatic heterocycles. The zero-order chi connectivity index (χ0) is 24.4. The Bertz CT molecular complexity index is 1510. The van der Waals surface area contributed by atoms with Crippen LogP contribution in [0.1, 0.15) is 41.5 Å². The molecule has 0 spiro atoms. The number of carbonyl (C=O) groups is 1. The Kier molecular flexibility index (Phi) is 6.37. The highest BCUT2D eigenvalue weighted by Gasteiger charge is 2.31. The number of benzene rings is 2. The van der Waals surface area contributed by atoms with Crippen LogP contribution in [0.3, 0.4) is 0 Å². The second kappa shape index (κ2) is 9.76. The standard InChI is InChI=1S/C27H22BrN3O4/c1-2-23(30(17-20-7-5-15-34-20)27(33)24-10-6-16-35-24)25-29-22-9-4-3-8-21(22)26(32)31(25)19-13-11-18(28)12-14-19/h3-16,23H,2,17H2,1H3. The van der Waals surface area contributed by atoms with Crippen molar-refractivity contribution in [2.45, 2.75) is 25.9 Å². The van der Waals surface area contributed by atoms with Crippen LogP contribution in [0.5, 0.6) is 0 Å². The largest absolute Gasteiger partial charge is 0.467 e. The maximum Gasteiger partial charge on any atom is 0.290 e. The van der Waals surface area contributed by atoms with Crippen molar-refractivity contribution in [1.82, 2.24) is 14.5 Å². The van der Waals surface area contributed by atoms with Gasteiger partial charge in [0.25, 0.3) is 11.5 Å². The zero-order valence-corrected chi connectivity index (χ0v) is 20.5. The summed E-state index contributed by atoms with van der Waals surface area (Å²) in [5.74, 6) is 0.961. The van der Waals surface area contributed by atoms with Gasteiger partial charge in [0.15, 0.2) is 5.76 Å². The fourth-order valence-corrected chi connectivity index (χ4v) is 4.46. The van der Waals surface area contributed by atoms with E-state index in [0.29, 0.717) is 34.6 Å². The van der Waals surface area contributed by atoms with Crippen LogP contribution in [0.2, 0.25) is 0 Å². The van der Waals surface area contributed by atoms with Crippen LogP contribution >= 0.6 is 15.9 Å². The first kappa shape index (κ1) is 22.9. The van der Waals surface area contributed by atoms with Crippen molar-refractivity contribution in [2.24, 2.45) is 0 Å². The minimum absolute atomic E-state index is 0.189. The van der Waals surface area contributed by atoms with Gasteiger partial charge in [-0.2, -0.15) is 0 Å². The second-order valence-electron chi connectivity index (χ2n) is 8.02. The van der Waals surface area contributed by atoms with Crippen LogP contribution < -0.4 is 5.56 Å². The van der Waals surface area contributed by atoms with E-state index in [9.17, 15) is 9.59 Å². The summed E-state index contributed by atoms with van der Waals surface area (Å²) in [6.07, 6.45) is 3.54. The van der Waals surface area contributed by atoms with E-state index in [-0.39, 0.29) is 23.8 Å². The van der Waals surface area contributed by atoms with Crippen molar-refractivity contribution in [3.63, 3.8) is 0 Å². The van der Waals surface area contributed by atoms with Gasteiger partial charge in [-0.25, -0.2) is 4.98 Å². The van der Waals surface area contributed by atoms with Gasteiger partial charge in [0.2, 0.25) is 0 Å². The molecule has 1 unspecified atom stereocenters. The van der Waals surface area contributed by atoms with Gasteiger partial charge in [0, 0.05) is 4.47 Å². The molecule has 7 nitrogen and oxygen atoms in total. The zero-order valence-electron chi connectivity index (χ0n) is 18.9. The van der Waals surface area contributed by atoms with Crippen LogP contribution in [-0.2, 0) is 6.54 Å². The number of aromatic nitrogens is 2. The summed E-state index contributed by atoms with van der Waals surface area (Å²) < 4.78 is 13.5. The summed E-state index contributed by atoms with van der Waals surface area (Å²) in [5.41, 5.74) is 1.03. The Hall–Kier alpha value is -3.91. The number of hydrogen-bond donors (Lipinski definition) is 0. The minimum atomic E-state index is -0.543. The molecule has 8 heteroatoms. The van der Waals surface area contributed by atoms with E-state index in [1.54, 1.807) is 40.0 Å². The molecular weight excluding hydrogens is 510 g/mol. The molecule has 5 aromatic rings. The molecule has 1 amide bonds. The molecule has 0 N–H and O–H groups in total. The number of rotatable bonds is 7. The van der Waals surface area contributed by atoms with Gasteiger partial charge >= 0.3 is 0 Å². The highest BCUT2D eigenvalue weighted by atomic mass is 79.9. The summed E-state index contributed by atoms with van der Waals surface area (Å²) >= 11 is 3.46. The Morgan fingerprint density at radius 1 is 1.00 bits per heavy atom. The third kappa shape index (κ3) is 4.44. The van der Waals surface area contributed by atoms with E-state index in [2.05, 4.69) is 15.9 Å². The minimum Gasteiger partial charge on any atom is -0.467 e. The normalized spacial score (nSPS) is 12.1. The lowest BCUT2D eigenvalue weighted by Gasteiger charge is -2.31. The average molecular weight is 532 g/mol. The van der Waals surface area contributed by atoms with Crippen molar-refractivity contribution in [1.29, 1.82) is 0 Å². The van der Waals surface area contributed by atoms with Crippen molar-refractivity contribution in [3.8, 4) is 5.69 Å². The fraction of sp³-hybridized carbons (Fsp3) is 0.148. The lowest BCUT2D eigenvalue weighted by Crippen LogP contribution is -2.38. The van der Waals surface area contributed by atoms with Gasteiger partial charge < -0.3 is 13.7 Å². The van der Waals surface area contributed by atoms with Crippen LogP contribution in [0, 0.1) is 0 Å². The van der Waals surface area contributed by atoms with Crippen molar-refractivity contribution >= 4 is 32.7 Å². The van der Waals surface area contributed by atoms with Gasteiger partial charge in [0.1, 0.15) is 11.6 Å². The van der Waals surface area contributed by atoms with E-state index >= 15 is 0 Å². The number of fused-ring (bicyclic) bond motifs is 1. The Morgan fingerprint density at radius 3 is 2.43 bits per heavy atom. The van der Waals surface area contributed by atoms with E-state index in [4.69, 9.17) is 13.8 Å². The molecule has 0 radical (unpaired) electrons. The Balaban J connectivity index is 1.73. The molecule has 176 valence electrons. The van der Waals surface area contributed by atoms with Crippen molar-refractivity contribution in [2.75, 3.05) is 0 Å². The number of halogens is 1. The lowest BCUT2D eigenvalue weighted by atomic mass is 10.1. The summed E-state index contributed by atoms with van der Waals surface area (Å²) in [5, 5.41) is 0.504. The molecule has 2 aromatic carbocycles. The monoisotopic (exact) mass is 531 g/mol. The van der Waals surface area contributed by atoms with Crippen LogP contribution in [0.15, 0.2) is 103 Å². The van der Waals surface area contributed by atoms with Crippen LogP contribution in [0.25, 0.3) is 16.6 Å². The first-order valence-corrected chi connectivity index (χ1v) is 12.0. The molecular formula is C27H22BrN3O4. The molecule has 0 aliphatic heterocycles. The molecule has 0 fully saturated rings. The fourth-order valence-electron chi connectivity index (χ4n) is 4.19. The maximum atomic E-state index is 13.8. The molecule has 3 heterocycles. The first-order chi connectivity index (χ1) is 17.1. The molecule has 0 saturated heterocycles. The van der Waals surface area contributed by atoms with Gasteiger partial charge in [-0.1, -0.05) is 35.0 Å². The predicted octanol–water partition coefficient (Wildman–Crippen LogP) is 6.13. The van der Waals surface area contributed by atoms with Crippen molar-refractivity contribution in [3.05, 3.63) is 117 Å². The smallest absolute Gasteiger partial charge is 0.290 e. The van der Waals surface area contributed by atoms with Gasteiger partial charge in [0.05, 0.1) is 41.7 Å². The molecule has 0 aliphatic carbocycles. The third-order valence-corrected chi connectivity index (χ3v) is 6.38. The summed E-state index contributed by atoms with van der Waals surface area (Å²) in [4.78, 5) is 33.9. The van der Waals surface area contributed by atoms with Gasteiger partial charge in [-0.3, -0.25) is 14.2 Å². The molecule has 0 bridgehead atoms. The van der Waals surface area contributed by atoms with Crippen molar-refractivity contribution < 1.29 is 13.6 Å².